The Morgan fingerprint density at radius 2 is 1.73 bits per heavy atom. The molecular weight excluding hydrogens is 404 g/mol. The number of likely N-dealkylation sites (tertiary alicyclic amines) is 1. The molecule has 2 aromatic rings. The summed E-state index contributed by atoms with van der Waals surface area (Å²) in [6.07, 6.45) is 2.21. The van der Waals surface area contributed by atoms with Crippen molar-refractivity contribution in [3.63, 3.8) is 0 Å². The lowest BCUT2D eigenvalue weighted by Gasteiger charge is -2.38. The van der Waals surface area contributed by atoms with Crippen LogP contribution in [0.15, 0.2) is 58.5 Å². The SMILES string of the molecule is COc1ccc(C(=O)N2N=C3c4ccccc4S(=O)(=O)N3[C@@H]2N2CCCCC2)cc1. The van der Waals surface area contributed by atoms with Gasteiger partial charge in [0, 0.05) is 24.2 Å². The summed E-state index contributed by atoms with van der Waals surface area (Å²) in [6.45, 7) is 1.42. The zero-order valence-corrected chi connectivity index (χ0v) is 17.4. The zero-order chi connectivity index (χ0) is 20.9. The average molecular weight is 426 g/mol. The molecule has 1 saturated heterocycles. The quantitative estimate of drug-likeness (QED) is 0.752. The normalized spacial score (nSPS) is 22.4. The molecule has 0 N–H and O–H groups in total. The largest absolute Gasteiger partial charge is 0.497 e. The number of benzene rings is 2. The summed E-state index contributed by atoms with van der Waals surface area (Å²) in [6, 6.07) is 13.6. The van der Waals surface area contributed by atoms with Crippen LogP contribution >= 0.6 is 0 Å². The molecule has 9 heteroatoms. The second-order valence-electron chi connectivity index (χ2n) is 7.54. The number of nitrogens with zero attached hydrogens (tertiary/aromatic N) is 4. The van der Waals surface area contributed by atoms with Crippen molar-refractivity contribution >= 4 is 21.8 Å². The second kappa shape index (κ2) is 7.10. The third-order valence-corrected chi connectivity index (χ3v) is 7.56. The molecule has 3 aliphatic rings. The van der Waals surface area contributed by atoms with E-state index in [1.165, 1.54) is 9.31 Å². The molecule has 0 spiro atoms. The molecule has 30 heavy (non-hydrogen) atoms. The summed E-state index contributed by atoms with van der Waals surface area (Å²) in [4.78, 5) is 15.7. The summed E-state index contributed by atoms with van der Waals surface area (Å²) < 4.78 is 33.2. The van der Waals surface area contributed by atoms with Gasteiger partial charge in [0.1, 0.15) is 5.75 Å². The van der Waals surface area contributed by atoms with Crippen LogP contribution in [0.25, 0.3) is 0 Å². The van der Waals surface area contributed by atoms with Crippen LogP contribution in [0.3, 0.4) is 0 Å². The van der Waals surface area contributed by atoms with Gasteiger partial charge >= 0.3 is 0 Å². The Kier molecular flexibility index (Phi) is 4.52. The third-order valence-electron chi connectivity index (χ3n) is 5.77. The predicted octanol–water partition coefficient (Wildman–Crippen LogP) is 2.29. The van der Waals surface area contributed by atoms with Gasteiger partial charge in [0.15, 0.2) is 12.1 Å². The predicted molar refractivity (Wildman–Crippen MR) is 110 cm³/mol. The maximum atomic E-state index is 13.4. The van der Waals surface area contributed by atoms with Crippen molar-refractivity contribution < 1.29 is 17.9 Å². The van der Waals surface area contributed by atoms with Gasteiger partial charge in [-0.3, -0.25) is 9.69 Å². The first-order valence-corrected chi connectivity index (χ1v) is 11.4. The molecular formula is C21H22N4O4S. The van der Waals surface area contributed by atoms with Crippen molar-refractivity contribution in [1.29, 1.82) is 0 Å². The molecule has 8 nitrogen and oxygen atoms in total. The van der Waals surface area contributed by atoms with Crippen LogP contribution in [0.2, 0.25) is 0 Å². The van der Waals surface area contributed by atoms with E-state index in [9.17, 15) is 13.2 Å². The van der Waals surface area contributed by atoms with E-state index in [0.29, 0.717) is 35.8 Å². The number of carbonyl (C=O) groups excluding carboxylic acids is 1. The van der Waals surface area contributed by atoms with Gasteiger partial charge in [0.05, 0.1) is 12.0 Å². The minimum atomic E-state index is -3.79. The van der Waals surface area contributed by atoms with Crippen LogP contribution in [-0.4, -0.2) is 60.9 Å². The summed E-state index contributed by atoms with van der Waals surface area (Å²) in [5.41, 5.74) is 0.957. The van der Waals surface area contributed by atoms with Gasteiger partial charge < -0.3 is 4.74 Å². The molecule has 2 aromatic carbocycles. The van der Waals surface area contributed by atoms with E-state index in [4.69, 9.17) is 4.74 Å². The fraction of sp³-hybridized carbons (Fsp3) is 0.333. The fourth-order valence-corrected chi connectivity index (χ4v) is 6.00. The van der Waals surface area contributed by atoms with E-state index in [-0.39, 0.29) is 10.8 Å². The first kappa shape index (κ1) is 19.1. The molecule has 156 valence electrons. The summed E-state index contributed by atoms with van der Waals surface area (Å²) >= 11 is 0. The molecule has 0 saturated carbocycles. The number of rotatable bonds is 3. The minimum absolute atomic E-state index is 0.238. The van der Waals surface area contributed by atoms with Crippen LogP contribution in [0.5, 0.6) is 5.75 Å². The van der Waals surface area contributed by atoms with E-state index in [1.807, 2.05) is 4.90 Å². The third kappa shape index (κ3) is 2.80. The number of hydrogen-bond acceptors (Lipinski definition) is 6. The van der Waals surface area contributed by atoms with Crippen molar-refractivity contribution in [3.05, 3.63) is 59.7 Å². The van der Waals surface area contributed by atoms with Crippen molar-refractivity contribution in [3.8, 4) is 5.75 Å². The Morgan fingerprint density at radius 3 is 2.43 bits per heavy atom. The van der Waals surface area contributed by atoms with Crippen molar-refractivity contribution in [2.75, 3.05) is 20.2 Å². The van der Waals surface area contributed by atoms with Crippen molar-refractivity contribution in [1.82, 2.24) is 14.2 Å². The van der Waals surface area contributed by atoms with E-state index < -0.39 is 16.3 Å². The maximum absolute atomic E-state index is 13.4. The van der Waals surface area contributed by atoms with Crippen molar-refractivity contribution in [2.24, 2.45) is 5.10 Å². The van der Waals surface area contributed by atoms with E-state index in [0.717, 1.165) is 19.3 Å². The molecule has 0 aliphatic carbocycles. The molecule has 0 unspecified atom stereocenters. The highest BCUT2D eigenvalue weighted by molar-refractivity contribution is 7.90. The van der Waals surface area contributed by atoms with Gasteiger partial charge in [-0.05, 0) is 49.2 Å². The van der Waals surface area contributed by atoms with E-state index >= 15 is 0 Å². The number of ether oxygens (including phenoxy) is 1. The Bertz CT molecular complexity index is 1120. The topological polar surface area (TPSA) is 82.5 Å². The molecule has 1 amide bonds. The maximum Gasteiger partial charge on any atom is 0.277 e. The van der Waals surface area contributed by atoms with Crippen LogP contribution < -0.4 is 4.74 Å². The smallest absolute Gasteiger partial charge is 0.277 e. The molecule has 3 heterocycles. The molecule has 0 bridgehead atoms. The summed E-state index contributed by atoms with van der Waals surface area (Å²) in [5, 5.41) is 5.85. The number of sulfonamides is 1. The number of amidine groups is 1. The Hall–Kier alpha value is -2.91. The van der Waals surface area contributed by atoms with Gasteiger partial charge in [0.25, 0.3) is 15.9 Å². The van der Waals surface area contributed by atoms with Crippen LogP contribution in [-0.2, 0) is 10.0 Å². The van der Waals surface area contributed by atoms with E-state index in [1.54, 1.807) is 55.6 Å². The molecule has 3 aliphatic heterocycles. The first-order chi connectivity index (χ1) is 14.5. The Labute approximate surface area is 175 Å². The lowest BCUT2D eigenvalue weighted by Crippen LogP contribution is -2.56. The van der Waals surface area contributed by atoms with Crippen molar-refractivity contribution in [2.45, 2.75) is 30.4 Å². The van der Waals surface area contributed by atoms with E-state index in [2.05, 4.69) is 5.10 Å². The monoisotopic (exact) mass is 426 g/mol. The highest BCUT2D eigenvalue weighted by Crippen LogP contribution is 2.39. The van der Waals surface area contributed by atoms with Gasteiger partial charge in [-0.25, -0.2) is 12.7 Å². The van der Waals surface area contributed by atoms with Crippen LogP contribution in [0.4, 0.5) is 0 Å². The lowest BCUT2D eigenvalue weighted by atomic mass is 10.1. The lowest BCUT2D eigenvalue weighted by molar-refractivity contribution is 0.00557. The Morgan fingerprint density at radius 1 is 1.03 bits per heavy atom. The van der Waals surface area contributed by atoms with Gasteiger partial charge in [-0.15, -0.1) is 5.10 Å². The number of amides is 1. The van der Waals surface area contributed by atoms with Crippen LogP contribution in [0, 0.1) is 0 Å². The number of fused-ring (bicyclic) bond motifs is 3. The first-order valence-electron chi connectivity index (χ1n) is 9.96. The molecule has 1 fully saturated rings. The minimum Gasteiger partial charge on any atom is -0.497 e. The average Bonchev–Trinajstić information content (AvgIpc) is 3.29. The number of carbonyl (C=O) groups is 1. The molecule has 1 atom stereocenters. The standard InChI is InChI=1S/C21H22N4O4S/c1-29-16-11-9-15(10-12-16)20(26)24-21(23-13-5-2-6-14-23)25-19(22-24)17-7-3-4-8-18(17)30(25,27)28/h3-4,7-12,21H,2,5-6,13-14H2,1H3/t21-/m1/s1. The zero-order valence-electron chi connectivity index (χ0n) is 16.6. The number of hydrazone groups is 1. The van der Waals surface area contributed by atoms with Crippen LogP contribution in [0.1, 0.15) is 35.2 Å². The van der Waals surface area contributed by atoms with Gasteiger partial charge in [-0.1, -0.05) is 18.6 Å². The molecule has 0 radical (unpaired) electrons. The summed E-state index contributed by atoms with van der Waals surface area (Å²) in [7, 11) is -2.23. The Balaban J connectivity index is 1.60. The van der Waals surface area contributed by atoms with Gasteiger partial charge in [-0.2, -0.15) is 5.01 Å². The molecule has 5 rings (SSSR count). The number of hydrogen-bond donors (Lipinski definition) is 0. The number of methoxy groups -OCH3 is 1. The fourth-order valence-electron chi connectivity index (χ4n) is 4.27. The second-order valence-corrected chi connectivity index (χ2v) is 9.33. The molecule has 0 aromatic heterocycles. The summed E-state index contributed by atoms with van der Waals surface area (Å²) in [5.74, 6) is 0.606. The highest BCUT2D eigenvalue weighted by atomic mass is 32.2. The van der Waals surface area contributed by atoms with Gasteiger partial charge in [0.2, 0.25) is 0 Å². The highest BCUT2D eigenvalue weighted by Gasteiger charge is 2.53. The number of piperidine rings is 1.